The van der Waals surface area contributed by atoms with Crippen molar-refractivity contribution < 1.29 is 0 Å². The molecule has 0 aromatic rings. The highest BCUT2D eigenvalue weighted by Gasteiger charge is 2.26. The van der Waals surface area contributed by atoms with Crippen LogP contribution in [0.5, 0.6) is 0 Å². The Morgan fingerprint density at radius 2 is 1.43 bits per heavy atom. The molecule has 2 aliphatic rings. The first-order valence-corrected chi connectivity index (χ1v) is 10.4. The number of rotatable bonds is 7. The molecule has 2 fully saturated rings. The minimum atomic E-state index is 0.720. The molecule has 0 aromatic carbocycles. The Hall–Kier alpha value is -0.0800. The molecule has 0 radical (unpaired) electrons. The minimum Gasteiger partial charge on any atom is -0.301 e. The summed E-state index contributed by atoms with van der Waals surface area (Å²) in [6, 6.07) is 0.720. The van der Waals surface area contributed by atoms with Gasteiger partial charge >= 0.3 is 0 Å². The SMILES string of the molecule is CC(C)CC1CCC(C(C)CCN2CCN(C(C)C)CC2)CC1. The molecule has 1 unspecified atom stereocenters. The molecule has 1 aliphatic heterocycles. The molecule has 0 aromatic heterocycles. The molecular formula is C21H42N2. The molecule has 1 heterocycles. The zero-order valence-corrected chi connectivity index (χ0v) is 16.6. The maximum Gasteiger partial charge on any atom is 0.0113 e. The van der Waals surface area contributed by atoms with E-state index in [1.807, 2.05) is 0 Å². The van der Waals surface area contributed by atoms with E-state index in [4.69, 9.17) is 0 Å². The van der Waals surface area contributed by atoms with Gasteiger partial charge in [0.2, 0.25) is 0 Å². The molecular weight excluding hydrogens is 280 g/mol. The molecule has 1 saturated carbocycles. The summed E-state index contributed by atoms with van der Waals surface area (Å²) in [5.41, 5.74) is 0. The topological polar surface area (TPSA) is 6.48 Å². The number of hydrogen-bond acceptors (Lipinski definition) is 2. The van der Waals surface area contributed by atoms with Crippen molar-refractivity contribution in [2.45, 2.75) is 79.2 Å². The normalized spacial score (nSPS) is 29.3. The van der Waals surface area contributed by atoms with E-state index in [1.165, 1.54) is 71.2 Å². The van der Waals surface area contributed by atoms with E-state index >= 15 is 0 Å². The summed E-state index contributed by atoms with van der Waals surface area (Å²) >= 11 is 0. The number of piperazine rings is 1. The third kappa shape index (κ3) is 6.38. The first kappa shape index (κ1) is 19.2. The van der Waals surface area contributed by atoms with E-state index in [0.29, 0.717) is 0 Å². The first-order chi connectivity index (χ1) is 11.0. The van der Waals surface area contributed by atoms with Gasteiger partial charge in [-0.05, 0) is 69.7 Å². The Bertz CT molecular complexity index is 310. The first-order valence-electron chi connectivity index (χ1n) is 10.4. The lowest BCUT2D eigenvalue weighted by Gasteiger charge is -2.38. The van der Waals surface area contributed by atoms with Crippen LogP contribution in [0.2, 0.25) is 0 Å². The van der Waals surface area contributed by atoms with Crippen molar-refractivity contribution in [2.24, 2.45) is 23.7 Å². The van der Waals surface area contributed by atoms with Crippen LogP contribution in [0, 0.1) is 23.7 Å². The van der Waals surface area contributed by atoms with Crippen LogP contribution in [-0.4, -0.2) is 48.6 Å². The van der Waals surface area contributed by atoms with Gasteiger partial charge in [-0.1, -0.05) is 33.6 Å². The highest BCUT2D eigenvalue weighted by molar-refractivity contribution is 4.79. The van der Waals surface area contributed by atoms with Crippen molar-refractivity contribution in [3.63, 3.8) is 0 Å². The summed E-state index contributed by atoms with van der Waals surface area (Å²) in [6.07, 6.45) is 8.88. The van der Waals surface area contributed by atoms with Crippen molar-refractivity contribution in [3.05, 3.63) is 0 Å². The van der Waals surface area contributed by atoms with Crippen molar-refractivity contribution in [2.75, 3.05) is 32.7 Å². The van der Waals surface area contributed by atoms with Gasteiger partial charge in [0.15, 0.2) is 0 Å². The molecule has 136 valence electrons. The fourth-order valence-corrected chi connectivity index (χ4v) is 4.78. The Kier molecular flexibility index (Phi) is 7.88. The maximum absolute atomic E-state index is 2.71. The fourth-order valence-electron chi connectivity index (χ4n) is 4.78. The predicted molar refractivity (Wildman–Crippen MR) is 102 cm³/mol. The van der Waals surface area contributed by atoms with Gasteiger partial charge in [0.1, 0.15) is 0 Å². The third-order valence-electron chi connectivity index (χ3n) is 6.54. The van der Waals surface area contributed by atoms with Gasteiger partial charge < -0.3 is 4.90 Å². The lowest BCUT2D eigenvalue weighted by molar-refractivity contribution is 0.0982. The molecule has 1 saturated heterocycles. The van der Waals surface area contributed by atoms with E-state index < -0.39 is 0 Å². The van der Waals surface area contributed by atoms with E-state index in [-0.39, 0.29) is 0 Å². The van der Waals surface area contributed by atoms with E-state index in [2.05, 4.69) is 44.4 Å². The van der Waals surface area contributed by atoms with Crippen LogP contribution < -0.4 is 0 Å². The summed E-state index contributed by atoms with van der Waals surface area (Å²) in [5.74, 6) is 3.86. The Balaban J connectivity index is 1.61. The highest BCUT2D eigenvalue weighted by atomic mass is 15.3. The van der Waals surface area contributed by atoms with E-state index in [9.17, 15) is 0 Å². The van der Waals surface area contributed by atoms with Crippen LogP contribution in [0.25, 0.3) is 0 Å². The molecule has 1 aliphatic carbocycles. The lowest BCUT2D eigenvalue weighted by Crippen LogP contribution is -2.49. The highest BCUT2D eigenvalue weighted by Crippen LogP contribution is 2.37. The monoisotopic (exact) mass is 322 g/mol. The molecule has 0 bridgehead atoms. The Morgan fingerprint density at radius 1 is 0.826 bits per heavy atom. The molecule has 2 nitrogen and oxygen atoms in total. The van der Waals surface area contributed by atoms with Crippen molar-refractivity contribution in [1.29, 1.82) is 0 Å². The van der Waals surface area contributed by atoms with Gasteiger partial charge in [-0.2, -0.15) is 0 Å². The summed E-state index contributed by atoms with van der Waals surface area (Å²) in [6.45, 7) is 18.4. The van der Waals surface area contributed by atoms with Gasteiger partial charge in [0.25, 0.3) is 0 Å². The Labute approximate surface area is 146 Å². The minimum absolute atomic E-state index is 0.720. The van der Waals surface area contributed by atoms with Gasteiger partial charge in [-0.15, -0.1) is 0 Å². The molecule has 23 heavy (non-hydrogen) atoms. The molecule has 0 amide bonds. The average molecular weight is 323 g/mol. The lowest BCUT2D eigenvalue weighted by atomic mass is 9.73. The largest absolute Gasteiger partial charge is 0.301 e. The second-order valence-electron chi connectivity index (χ2n) is 9.15. The van der Waals surface area contributed by atoms with Gasteiger partial charge in [0.05, 0.1) is 0 Å². The summed E-state index contributed by atoms with van der Waals surface area (Å²) in [4.78, 5) is 5.33. The zero-order valence-electron chi connectivity index (χ0n) is 16.6. The molecule has 2 rings (SSSR count). The predicted octanol–water partition coefficient (Wildman–Crippen LogP) is 4.89. The number of hydrogen-bond donors (Lipinski definition) is 0. The fraction of sp³-hybridized carbons (Fsp3) is 1.00. The summed E-state index contributed by atoms with van der Waals surface area (Å²) in [5, 5.41) is 0. The van der Waals surface area contributed by atoms with E-state index in [1.54, 1.807) is 0 Å². The summed E-state index contributed by atoms with van der Waals surface area (Å²) in [7, 11) is 0. The van der Waals surface area contributed by atoms with Crippen LogP contribution in [-0.2, 0) is 0 Å². The second kappa shape index (κ2) is 9.42. The zero-order chi connectivity index (χ0) is 16.8. The van der Waals surface area contributed by atoms with Crippen molar-refractivity contribution in [3.8, 4) is 0 Å². The van der Waals surface area contributed by atoms with Crippen LogP contribution >= 0.6 is 0 Å². The van der Waals surface area contributed by atoms with Gasteiger partial charge in [-0.3, -0.25) is 4.90 Å². The third-order valence-corrected chi connectivity index (χ3v) is 6.54. The van der Waals surface area contributed by atoms with Crippen LogP contribution in [0.1, 0.15) is 73.1 Å². The standard InChI is InChI=1S/C21H42N2/c1-17(2)16-20-6-8-21(9-7-20)19(5)10-11-22-12-14-23(15-13-22)18(3)4/h17-21H,6-16H2,1-5H3. The van der Waals surface area contributed by atoms with Crippen LogP contribution in [0.15, 0.2) is 0 Å². The van der Waals surface area contributed by atoms with Crippen molar-refractivity contribution >= 4 is 0 Å². The maximum atomic E-state index is 2.71. The molecule has 0 spiro atoms. The molecule has 2 heteroatoms. The molecule has 0 N–H and O–H groups in total. The quantitative estimate of drug-likeness (QED) is 0.658. The number of nitrogens with zero attached hydrogens (tertiary/aromatic N) is 2. The van der Waals surface area contributed by atoms with Crippen LogP contribution in [0.3, 0.4) is 0 Å². The second-order valence-corrected chi connectivity index (χ2v) is 9.15. The van der Waals surface area contributed by atoms with Gasteiger partial charge in [0, 0.05) is 32.2 Å². The smallest absolute Gasteiger partial charge is 0.0113 e. The van der Waals surface area contributed by atoms with E-state index in [0.717, 1.165) is 29.7 Å². The van der Waals surface area contributed by atoms with Crippen molar-refractivity contribution in [1.82, 2.24) is 9.80 Å². The van der Waals surface area contributed by atoms with Gasteiger partial charge in [-0.25, -0.2) is 0 Å². The molecule has 1 atom stereocenters. The average Bonchev–Trinajstić information content (AvgIpc) is 2.53. The van der Waals surface area contributed by atoms with Crippen LogP contribution in [0.4, 0.5) is 0 Å². The Morgan fingerprint density at radius 3 is 1.96 bits per heavy atom. The summed E-state index contributed by atoms with van der Waals surface area (Å²) < 4.78 is 0.